The fourth-order valence-corrected chi connectivity index (χ4v) is 7.56. The standard InChI is InChI=1S/C24H20FN5O16S5/c25-16-6-3-14(11-17(16)48(34,35)36)28-30-23-19(50(40,41)42)10-12-9-18(49(37,38)39)22(21(26)20(12)24(23)31)29-27-13-1-4-15(5-2-13)47(32,33)8-7-46-51(43,44)45/h1-6,9-11,31H,7-8,26H2,(H,34,35,36)(H,37,38,39)(H,40,41,42)(H,43,44,45). The first-order valence-corrected chi connectivity index (χ1v) is 20.3. The minimum absolute atomic E-state index is 0.159. The van der Waals surface area contributed by atoms with Gasteiger partial charge in [0.2, 0.25) is 0 Å². The quantitative estimate of drug-likeness (QED) is 0.0677. The lowest BCUT2D eigenvalue weighted by Crippen LogP contribution is -2.15. The van der Waals surface area contributed by atoms with Gasteiger partial charge in [0.25, 0.3) is 30.4 Å². The van der Waals surface area contributed by atoms with Gasteiger partial charge in [-0.15, -0.1) is 10.2 Å². The predicted molar refractivity (Wildman–Crippen MR) is 170 cm³/mol. The van der Waals surface area contributed by atoms with Crippen LogP contribution in [-0.4, -0.2) is 77.8 Å². The largest absolute Gasteiger partial charge is 0.505 e. The fourth-order valence-electron chi connectivity index (χ4n) is 4.16. The van der Waals surface area contributed by atoms with E-state index >= 15 is 0 Å². The molecular weight excluding hydrogens is 794 g/mol. The molecule has 0 atom stereocenters. The second-order valence-electron chi connectivity index (χ2n) is 9.81. The molecule has 0 aliphatic heterocycles. The van der Waals surface area contributed by atoms with Gasteiger partial charge >= 0.3 is 10.4 Å². The maximum absolute atomic E-state index is 13.9. The summed E-state index contributed by atoms with van der Waals surface area (Å²) in [6.45, 7) is -0.912. The van der Waals surface area contributed by atoms with Crippen molar-refractivity contribution >= 4 is 89.8 Å². The van der Waals surface area contributed by atoms with E-state index in [0.717, 1.165) is 30.3 Å². The number of azo groups is 2. The first-order valence-electron chi connectivity index (χ1n) is 12.9. The molecule has 0 aromatic heterocycles. The van der Waals surface area contributed by atoms with Gasteiger partial charge in [0.15, 0.2) is 15.6 Å². The smallest absolute Gasteiger partial charge is 0.397 e. The number of phenols is 1. The number of anilines is 1. The van der Waals surface area contributed by atoms with Gasteiger partial charge in [-0.1, -0.05) is 0 Å². The summed E-state index contributed by atoms with van der Waals surface area (Å²) in [5.74, 6) is -3.44. The normalized spacial score (nSPS) is 13.4. The number of nitrogen functional groups attached to an aromatic ring is 1. The van der Waals surface area contributed by atoms with E-state index in [9.17, 15) is 65.2 Å². The molecule has 4 aromatic carbocycles. The van der Waals surface area contributed by atoms with E-state index in [-0.39, 0.29) is 10.6 Å². The van der Waals surface area contributed by atoms with Crippen molar-refractivity contribution in [3.63, 3.8) is 0 Å². The molecule has 0 unspecified atom stereocenters. The highest BCUT2D eigenvalue weighted by Gasteiger charge is 2.28. The first kappa shape index (κ1) is 39.2. The van der Waals surface area contributed by atoms with Crippen LogP contribution in [0.25, 0.3) is 10.8 Å². The number of halogens is 1. The fraction of sp³-hybridized carbons (Fsp3) is 0.0833. The Labute approximate surface area is 287 Å². The molecule has 0 radical (unpaired) electrons. The van der Waals surface area contributed by atoms with Crippen molar-refractivity contribution in [2.24, 2.45) is 20.5 Å². The Bertz CT molecular complexity index is 2700. The van der Waals surface area contributed by atoms with Crippen LogP contribution in [0.4, 0.5) is 32.8 Å². The summed E-state index contributed by atoms with van der Waals surface area (Å²) in [4.78, 5) is -3.90. The number of benzene rings is 4. The molecule has 4 aromatic rings. The van der Waals surface area contributed by atoms with E-state index in [1.54, 1.807) is 0 Å². The molecular formula is C24H20FN5O16S5. The summed E-state index contributed by atoms with van der Waals surface area (Å²) < 4.78 is 173. The van der Waals surface area contributed by atoms with Crippen molar-refractivity contribution in [2.75, 3.05) is 18.1 Å². The van der Waals surface area contributed by atoms with E-state index in [4.69, 9.17) is 10.3 Å². The van der Waals surface area contributed by atoms with Crippen LogP contribution in [0.5, 0.6) is 5.75 Å². The lowest BCUT2D eigenvalue weighted by atomic mass is 10.1. The topological polar surface area (TPSA) is 357 Å². The molecule has 0 aliphatic carbocycles. The Morgan fingerprint density at radius 3 is 1.67 bits per heavy atom. The van der Waals surface area contributed by atoms with Crippen molar-refractivity contribution in [2.45, 2.75) is 19.6 Å². The minimum atomic E-state index is -5.33. The van der Waals surface area contributed by atoms with Gasteiger partial charge in [0.05, 0.1) is 39.7 Å². The van der Waals surface area contributed by atoms with Crippen molar-refractivity contribution in [3.05, 3.63) is 60.4 Å². The Morgan fingerprint density at radius 1 is 0.647 bits per heavy atom. The SMILES string of the molecule is Nc1c(N=Nc2ccc(S(=O)(=O)CCOS(=O)(=O)O)cc2)c(S(=O)(=O)O)cc2cc(S(=O)(=O)O)c(N=Nc3ccc(F)c(S(=O)(=O)O)c3)c(O)c12. The Kier molecular flexibility index (Phi) is 10.7. The second kappa shape index (κ2) is 13.9. The van der Waals surface area contributed by atoms with Crippen LogP contribution in [0.3, 0.4) is 0 Å². The minimum Gasteiger partial charge on any atom is -0.505 e. The molecule has 27 heteroatoms. The monoisotopic (exact) mass is 813 g/mol. The lowest BCUT2D eigenvalue weighted by molar-refractivity contribution is 0.284. The average Bonchev–Trinajstić information content (AvgIpc) is 2.98. The molecule has 0 amide bonds. The van der Waals surface area contributed by atoms with Crippen LogP contribution in [-0.2, 0) is 54.8 Å². The maximum Gasteiger partial charge on any atom is 0.397 e. The molecule has 274 valence electrons. The van der Waals surface area contributed by atoms with Crippen molar-refractivity contribution in [1.29, 1.82) is 0 Å². The molecule has 4 rings (SSSR count). The van der Waals surface area contributed by atoms with Crippen LogP contribution in [0.15, 0.2) is 94.6 Å². The molecule has 0 heterocycles. The number of hydrogen-bond acceptors (Lipinski definition) is 17. The third kappa shape index (κ3) is 9.21. The Morgan fingerprint density at radius 2 is 1.14 bits per heavy atom. The number of nitrogens with two attached hydrogens (primary N) is 1. The molecule has 0 spiro atoms. The van der Waals surface area contributed by atoms with E-state index in [0.29, 0.717) is 24.3 Å². The zero-order valence-electron chi connectivity index (χ0n) is 24.6. The molecule has 7 N–H and O–H groups in total. The average molecular weight is 814 g/mol. The van der Waals surface area contributed by atoms with Crippen molar-refractivity contribution in [1.82, 2.24) is 0 Å². The predicted octanol–water partition coefficient (Wildman–Crippen LogP) is 3.43. The van der Waals surface area contributed by atoms with Crippen LogP contribution in [0.2, 0.25) is 0 Å². The molecule has 0 bridgehead atoms. The Hall–Kier alpha value is -4.58. The van der Waals surface area contributed by atoms with Crippen LogP contribution < -0.4 is 5.73 Å². The van der Waals surface area contributed by atoms with Gasteiger partial charge in [0, 0.05) is 0 Å². The molecule has 21 nitrogen and oxygen atoms in total. The Balaban J connectivity index is 1.85. The van der Waals surface area contributed by atoms with E-state index < -0.39 is 123 Å². The highest BCUT2D eigenvalue weighted by molar-refractivity contribution is 7.91. The first-order chi connectivity index (χ1) is 23.3. The second-order valence-corrected chi connectivity index (χ2v) is 17.2. The number of phenolic OH excluding ortho intramolecular Hbond substituents is 1. The number of aromatic hydroxyl groups is 1. The van der Waals surface area contributed by atoms with Crippen LogP contribution in [0.1, 0.15) is 0 Å². The number of rotatable bonds is 12. The van der Waals surface area contributed by atoms with Crippen LogP contribution >= 0.6 is 0 Å². The van der Waals surface area contributed by atoms with Gasteiger partial charge in [-0.25, -0.2) is 17.0 Å². The number of hydrogen-bond donors (Lipinski definition) is 6. The summed E-state index contributed by atoms with van der Waals surface area (Å²) in [5.41, 5.74) is 2.73. The van der Waals surface area contributed by atoms with Gasteiger partial charge in [-0.05, 0) is 60.0 Å². The molecule has 0 saturated carbocycles. The summed E-state index contributed by atoms with van der Waals surface area (Å²) >= 11 is 0. The third-order valence-electron chi connectivity index (χ3n) is 6.37. The summed E-state index contributed by atoms with van der Waals surface area (Å²) in [6.07, 6.45) is 0. The van der Waals surface area contributed by atoms with Gasteiger partial charge < -0.3 is 10.8 Å². The lowest BCUT2D eigenvalue weighted by Gasteiger charge is -2.14. The third-order valence-corrected chi connectivity index (χ3v) is 11.1. The molecule has 0 aliphatic rings. The zero-order valence-corrected chi connectivity index (χ0v) is 28.7. The maximum atomic E-state index is 13.9. The van der Waals surface area contributed by atoms with Crippen molar-refractivity contribution < 1.29 is 74.0 Å². The highest BCUT2D eigenvalue weighted by Crippen LogP contribution is 2.48. The van der Waals surface area contributed by atoms with Gasteiger partial charge in [0.1, 0.15) is 31.9 Å². The summed E-state index contributed by atoms with van der Waals surface area (Å²) in [5, 5.41) is 24.4. The van der Waals surface area contributed by atoms with Gasteiger partial charge in [-0.3, -0.25) is 18.2 Å². The number of fused-ring (bicyclic) bond motifs is 1. The van der Waals surface area contributed by atoms with Gasteiger partial charge in [-0.2, -0.15) is 43.9 Å². The zero-order chi connectivity index (χ0) is 38.3. The summed E-state index contributed by atoms with van der Waals surface area (Å²) in [6, 6.07) is 7.14. The number of nitrogens with zero attached hydrogens (tertiary/aromatic N) is 4. The molecule has 0 saturated heterocycles. The number of sulfone groups is 1. The van der Waals surface area contributed by atoms with Crippen LogP contribution in [0, 0.1) is 5.82 Å². The molecule has 51 heavy (non-hydrogen) atoms. The van der Waals surface area contributed by atoms with E-state index in [1.165, 1.54) is 0 Å². The van der Waals surface area contributed by atoms with Crippen molar-refractivity contribution in [3.8, 4) is 5.75 Å². The summed E-state index contributed by atoms with van der Waals surface area (Å²) in [7, 11) is -24.7. The molecule has 0 fully saturated rings. The van der Waals surface area contributed by atoms with E-state index in [1.807, 2.05) is 0 Å². The highest BCUT2D eigenvalue weighted by atomic mass is 32.3. The van der Waals surface area contributed by atoms with E-state index in [2.05, 4.69) is 24.6 Å².